The highest BCUT2D eigenvalue weighted by Gasteiger charge is 2.42. The molecule has 0 fully saturated rings. The molecule has 1 aliphatic carbocycles. The maximum Gasteiger partial charge on any atom is 0.336 e. The summed E-state index contributed by atoms with van der Waals surface area (Å²) in [5.41, 5.74) is 4.24. The van der Waals surface area contributed by atoms with Gasteiger partial charge in [0.05, 0.1) is 34.0 Å². The van der Waals surface area contributed by atoms with Crippen molar-refractivity contribution in [3.8, 4) is 17.2 Å². The van der Waals surface area contributed by atoms with Gasteiger partial charge in [-0.25, -0.2) is 4.79 Å². The normalized spacial score (nSPS) is 19.9. The number of ketones is 1. The predicted octanol–water partition coefficient (Wildman–Crippen LogP) is 4.25. The Balaban J connectivity index is 1.84. The Morgan fingerprint density at radius 3 is 2.29 bits per heavy atom. The maximum atomic E-state index is 13.7. The van der Waals surface area contributed by atoms with Crippen LogP contribution in [0.5, 0.6) is 17.2 Å². The van der Waals surface area contributed by atoms with Crippen LogP contribution in [0.25, 0.3) is 0 Å². The van der Waals surface area contributed by atoms with E-state index in [-0.39, 0.29) is 11.7 Å². The minimum absolute atomic E-state index is 0.0154. The molecule has 7 heteroatoms. The first kappa shape index (κ1) is 23.4. The smallest absolute Gasteiger partial charge is 0.336 e. The van der Waals surface area contributed by atoms with Gasteiger partial charge in [-0.15, -0.1) is 0 Å². The summed E-state index contributed by atoms with van der Waals surface area (Å²) in [6, 6.07) is 13.2. The summed E-state index contributed by atoms with van der Waals surface area (Å²) in [6.07, 6.45) is 0.940. The van der Waals surface area contributed by atoms with Gasteiger partial charge in [-0.3, -0.25) is 4.79 Å². The Bertz CT molecular complexity index is 1200. The van der Waals surface area contributed by atoms with E-state index >= 15 is 0 Å². The van der Waals surface area contributed by atoms with Gasteiger partial charge < -0.3 is 24.3 Å². The number of hydrogen-bond donors (Lipinski definition) is 1. The van der Waals surface area contributed by atoms with Crippen molar-refractivity contribution in [2.75, 3.05) is 28.4 Å². The standard InChI is InChI=1S/C27H29NO6/c1-15-24(27(30)34-5)25(16-10-11-22(32-3)23(14-16)33-4)26-19(28-15)12-17(13-20(26)29)18-8-6-7-9-21(18)31-2/h6-11,14,17,25,28H,12-13H2,1-5H3/t17-,25+/m0/s1. The van der Waals surface area contributed by atoms with Crippen molar-refractivity contribution in [3.63, 3.8) is 0 Å². The second kappa shape index (κ2) is 9.63. The SMILES string of the molecule is COC(=O)C1=C(C)NC2=C(C(=O)C[C@@H](c3ccccc3OC)C2)[C@@H]1c1ccc(OC)c(OC)c1. The fourth-order valence-electron chi connectivity index (χ4n) is 5.01. The van der Waals surface area contributed by atoms with Crippen LogP contribution in [0.3, 0.4) is 0 Å². The molecule has 0 aromatic heterocycles. The van der Waals surface area contributed by atoms with Crippen molar-refractivity contribution in [2.45, 2.75) is 31.6 Å². The Hall–Kier alpha value is -3.74. The van der Waals surface area contributed by atoms with Gasteiger partial charge in [-0.05, 0) is 42.7 Å². The fourth-order valence-corrected chi connectivity index (χ4v) is 5.01. The third kappa shape index (κ3) is 4.02. The van der Waals surface area contributed by atoms with E-state index in [1.54, 1.807) is 27.4 Å². The molecule has 2 aliphatic rings. The zero-order valence-electron chi connectivity index (χ0n) is 20.1. The van der Waals surface area contributed by atoms with Gasteiger partial charge in [0.2, 0.25) is 0 Å². The van der Waals surface area contributed by atoms with Gasteiger partial charge in [0, 0.05) is 35.2 Å². The molecule has 0 radical (unpaired) electrons. The molecule has 34 heavy (non-hydrogen) atoms. The molecule has 0 spiro atoms. The first-order valence-electron chi connectivity index (χ1n) is 11.1. The first-order valence-corrected chi connectivity index (χ1v) is 11.1. The number of para-hydroxylation sites is 1. The van der Waals surface area contributed by atoms with E-state index in [2.05, 4.69) is 5.32 Å². The highest BCUT2D eigenvalue weighted by Crippen LogP contribution is 2.47. The molecule has 2 aromatic carbocycles. The molecule has 1 N–H and O–H groups in total. The van der Waals surface area contributed by atoms with Crippen LogP contribution < -0.4 is 19.5 Å². The Kier molecular flexibility index (Phi) is 6.63. The lowest BCUT2D eigenvalue weighted by atomic mass is 9.71. The third-order valence-corrected chi connectivity index (χ3v) is 6.55. The van der Waals surface area contributed by atoms with Crippen LogP contribution in [0.4, 0.5) is 0 Å². The summed E-state index contributed by atoms with van der Waals surface area (Å²) in [5, 5.41) is 3.34. The van der Waals surface area contributed by atoms with Crippen LogP contribution >= 0.6 is 0 Å². The van der Waals surface area contributed by atoms with Crippen LogP contribution in [0, 0.1) is 0 Å². The third-order valence-electron chi connectivity index (χ3n) is 6.55. The number of benzene rings is 2. The van der Waals surface area contributed by atoms with Gasteiger partial charge in [0.25, 0.3) is 0 Å². The fraction of sp³-hybridized carbons (Fsp3) is 0.333. The zero-order valence-corrected chi connectivity index (χ0v) is 20.1. The second-order valence-corrected chi connectivity index (χ2v) is 8.37. The van der Waals surface area contributed by atoms with Crippen molar-refractivity contribution in [2.24, 2.45) is 0 Å². The number of methoxy groups -OCH3 is 4. The molecular weight excluding hydrogens is 434 g/mol. The minimum atomic E-state index is -0.574. The number of hydrogen-bond acceptors (Lipinski definition) is 7. The summed E-state index contributed by atoms with van der Waals surface area (Å²) >= 11 is 0. The molecule has 0 amide bonds. The zero-order chi connectivity index (χ0) is 24.4. The maximum absolute atomic E-state index is 13.7. The van der Waals surface area contributed by atoms with Gasteiger partial charge in [0.1, 0.15) is 5.75 Å². The number of ether oxygens (including phenoxy) is 4. The minimum Gasteiger partial charge on any atom is -0.496 e. The second-order valence-electron chi connectivity index (χ2n) is 8.37. The molecule has 1 aliphatic heterocycles. The van der Waals surface area contributed by atoms with Crippen LogP contribution in [-0.2, 0) is 14.3 Å². The molecule has 0 unspecified atom stereocenters. The lowest BCUT2D eigenvalue weighted by molar-refractivity contribution is -0.136. The molecule has 178 valence electrons. The van der Waals surface area contributed by atoms with E-state index in [4.69, 9.17) is 18.9 Å². The number of allylic oxidation sites excluding steroid dienone is 3. The Morgan fingerprint density at radius 1 is 0.912 bits per heavy atom. The Morgan fingerprint density at radius 2 is 1.62 bits per heavy atom. The lowest BCUT2D eigenvalue weighted by Gasteiger charge is -2.37. The summed E-state index contributed by atoms with van der Waals surface area (Å²) in [5.74, 6) is 0.759. The average molecular weight is 464 g/mol. The van der Waals surface area contributed by atoms with E-state index in [0.717, 1.165) is 22.6 Å². The van der Waals surface area contributed by atoms with Crippen LogP contribution in [0.1, 0.15) is 42.7 Å². The van der Waals surface area contributed by atoms with Crippen LogP contribution in [0.15, 0.2) is 65.0 Å². The highest BCUT2D eigenvalue weighted by atomic mass is 16.5. The van der Waals surface area contributed by atoms with E-state index in [9.17, 15) is 9.59 Å². The molecule has 0 saturated heterocycles. The number of esters is 1. The Labute approximate surface area is 199 Å². The van der Waals surface area contributed by atoms with Crippen molar-refractivity contribution >= 4 is 11.8 Å². The van der Waals surface area contributed by atoms with Crippen molar-refractivity contribution in [1.82, 2.24) is 5.32 Å². The van der Waals surface area contributed by atoms with E-state index in [0.29, 0.717) is 41.2 Å². The number of carbonyl (C=O) groups is 2. The van der Waals surface area contributed by atoms with E-state index in [1.165, 1.54) is 7.11 Å². The molecule has 2 aromatic rings. The van der Waals surface area contributed by atoms with Crippen molar-refractivity contribution in [3.05, 3.63) is 76.1 Å². The number of dihydropyridines is 1. The van der Waals surface area contributed by atoms with E-state index in [1.807, 2.05) is 43.3 Å². The number of Topliss-reactive ketones (excluding diaryl/α,β-unsaturated/α-hetero) is 1. The molecule has 4 rings (SSSR count). The molecule has 0 bridgehead atoms. The monoisotopic (exact) mass is 463 g/mol. The van der Waals surface area contributed by atoms with Crippen LogP contribution in [-0.4, -0.2) is 40.2 Å². The number of rotatable bonds is 6. The highest BCUT2D eigenvalue weighted by molar-refractivity contribution is 6.04. The van der Waals surface area contributed by atoms with Crippen molar-refractivity contribution in [1.29, 1.82) is 0 Å². The van der Waals surface area contributed by atoms with Crippen LogP contribution in [0.2, 0.25) is 0 Å². The quantitative estimate of drug-likeness (QED) is 0.642. The average Bonchev–Trinajstić information content (AvgIpc) is 2.86. The topological polar surface area (TPSA) is 83.1 Å². The van der Waals surface area contributed by atoms with Crippen molar-refractivity contribution < 1.29 is 28.5 Å². The first-order chi connectivity index (χ1) is 16.4. The molecule has 2 atom stereocenters. The largest absolute Gasteiger partial charge is 0.496 e. The van der Waals surface area contributed by atoms with Gasteiger partial charge in [0.15, 0.2) is 17.3 Å². The van der Waals surface area contributed by atoms with Gasteiger partial charge >= 0.3 is 5.97 Å². The molecular formula is C27H29NO6. The summed E-state index contributed by atoms with van der Waals surface area (Å²) in [6.45, 7) is 1.83. The van der Waals surface area contributed by atoms with Gasteiger partial charge in [-0.2, -0.15) is 0 Å². The number of nitrogens with one attached hydrogen (secondary N) is 1. The lowest BCUT2D eigenvalue weighted by Crippen LogP contribution is -2.36. The molecule has 7 nitrogen and oxygen atoms in total. The summed E-state index contributed by atoms with van der Waals surface area (Å²) in [7, 11) is 6.10. The molecule has 1 heterocycles. The van der Waals surface area contributed by atoms with Gasteiger partial charge in [-0.1, -0.05) is 24.3 Å². The molecule has 0 saturated carbocycles. The van der Waals surface area contributed by atoms with E-state index < -0.39 is 11.9 Å². The summed E-state index contributed by atoms with van der Waals surface area (Å²) < 4.78 is 21.5. The number of carbonyl (C=O) groups excluding carboxylic acids is 2. The predicted molar refractivity (Wildman–Crippen MR) is 127 cm³/mol. The summed E-state index contributed by atoms with van der Waals surface area (Å²) in [4.78, 5) is 26.5.